The summed E-state index contributed by atoms with van der Waals surface area (Å²) >= 11 is 0. The molecule has 3 aromatic rings. The van der Waals surface area contributed by atoms with E-state index in [1.807, 2.05) is 13.8 Å². The van der Waals surface area contributed by atoms with Crippen LogP contribution < -0.4 is 9.47 Å². The maximum absolute atomic E-state index is 13.4. The third-order valence-electron chi connectivity index (χ3n) is 6.42. The van der Waals surface area contributed by atoms with Crippen LogP contribution in [0.2, 0.25) is 0 Å². The summed E-state index contributed by atoms with van der Waals surface area (Å²) in [6, 6.07) is 10.6. The number of amides is 1. The molecule has 1 aliphatic heterocycles. The quantitative estimate of drug-likeness (QED) is 0.270. The zero-order valence-corrected chi connectivity index (χ0v) is 20.9. The number of aliphatic hydroxyl groups excluding tert-OH is 1. The Morgan fingerprint density at radius 1 is 1.08 bits per heavy atom. The average Bonchev–Trinajstić information content (AvgIpc) is 3.45. The van der Waals surface area contributed by atoms with E-state index in [1.54, 1.807) is 50.4 Å². The molecular weight excluding hydrogens is 462 g/mol. The topological polar surface area (TPSA) is 109 Å². The van der Waals surface area contributed by atoms with Gasteiger partial charge in [-0.2, -0.15) is 0 Å². The minimum atomic E-state index is -0.962. The monoisotopic (exact) mass is 491 g/mol. The predicted molar refractivity (Wildman–Crippen MR) is 133 cm³/mol. The van der Waals surface area contributed by atoms with Crippen molar-refractivity contribution in [1.82, 2.24) is 4.90 Å². The fourth-order valence-electron chi connectivity index (χ4n) is 4.56. The molecule has 1 unspecified atom stereocenters. The number of carbonyl (C=O) groups is 2. The largest absolute Gasteiger partial charge is 0.507 e. The molecule has 8 nitrogen and oxygen atoms in total. The maximum atomic E-state index is 13.4. The molecule has 1 aliphatic rings. The molecule has 2 aromatic carbocycles. The molecule has 0 radical (unpaired) electrons. The summed E-state index contributed by atoms with van der Waals surface area (Å²) in [7, 11) is 3.01. The van der Waals surface area contributed by atoms with Gasteiger partial charge in [-0.15, -0.1) is 0 Å². The molecule has 1 aromatic heterocycles. The summed E-state index contributed by atoms with van der Waals surface area (Å²) in [4.78, 5) is 27.9. The summed E-state index contributed by atoms with van der Waals surface area (Å²) in [6.07, 6.45) is 1.48. The minimum absolute atomic E-state index is 0.00461. The zero-order valence-electron chi connectivity index (χ0n) is 20.9. The number of aryl methyl sites for hydroxylation is 1. The number of hydrogen-bond acceptors (Lipinski definition) is 7. The van der Waals surface area contributed by atoms with Gasteiger partial charge in [0.1, 0.15) is 17.3 Å². The fraction of sp³-hybridized carbons (Fsp3) is 0.286. The molecule has 1 saturated heterocycles. The Labute approximate surface area is 209 Å². The lowest BCUT2D eigenvalue weighted by Crippen LogP contribution is -2.29. The van der Waals surface area contributed by atoms with Gasteiger partial charge in [0.15, 0.2) is 11.5 Å². The van der Waals surface area contributed by atoms with Crippen molar-refractivity contribution >= 4 is 17.4 Å². The van der Waals surface area contributed by atoms with E-state index in [2.05, 4.69) is 0 Å². The molecule has 1 atom stereocenters. The Balaban J connectivity index is 1.94. The molecule has 4 rings (SSSR count). The first kappa shape index (κ1) is 24.9. The lowest BCUT2D eigenvalue weighted by atomic mass is 9.91. The lowest BCUT2D eigenvalue weighted by molar-refractivity contribution is -0.140. The van der Waals surface area contributed by atoms with Gasteiger partial charge in [-0.25, -0.2) is 0 Å². The summed E-state index contributed by atoms with van der Waals surface area (Å²) in [6.45, 7) is 5.80. The van der Waals surface area contributed by atoms with E-state index >= 15 is 0 Å². The van der Waals surface area contributed by atoms with Crippen LogP contribution in [0.1, 0.15) is 53.8 Å². The van der Waals surface area contributed by atoms with E-state index in [9.17, 15) is 19.8 Å². The Kier molecular flexibility index (Phi) is 6.79. The van der Waals surface area contributed by atoms with Crippen LogP contribution in [-0.4, -0.2) is 41.0 Å². The summed E-state index contributed by atoms with van der Waals surface area (Å²) in [5.41, 5.74) is 2.34. The van der Waals surface area contributed by atoms with Crippen molar-refractivity contribution in [3.05, 3.63) is 82.3 Å². The van der Waals surface area contributed by atoms with Gasteiger partial charge in [0, 0.05) is 5.56 Å². The van der Waals surface area contributed by atoms with Crippen molar-refractivity contribution in [2.75, 3.05) is 14.2 Å². The fourth-order valence-corrected chi connectivity index (χ4v) is 4.56. The van der Waals surface area contributed by atoms with Crippen LogP contribution in [0.15, 0.2) is 58.7 Å². The molecule has 0 spiro atoms. The first-order valence-electron chi connectivity index (χ1n) is 11.5. The van der Waals surface area contributed by atoms with E-state index in [1.165, 1.54) is 24.3 Å². The van der Waals surface area contributed by atoms with Crippen LogP contribution in [0.5, 0.6) is 17.2 Å². The summed E-state index contributed by atoms with van der Waals surface area (Å²) in [5, 5.41) is 22.0. The number of phenolic OH excluding ortho intramolecular Hbond substituents is 1. The highest BCUT2D eigenvalue weighted by Gasteiger charge is 2.46. The second kappa shape index (κ2) is 9.81. The van der Waals surface area contributed by atoms with E-state index in [4.69, 9.17) is 13.9 Å². The molecule has 188 valence electrons. The minimum Gasteiger partial charge on any atom is -0.507 e. The molecule has 8 heteroatoms. The van der Waals surface area contributed by atoms with E-state index < -0.39 is 17.7 Å². The number of nitrogens with zero attached hydrogens (tertiary/aromatic N) is 1. The third-order valence-corrected chi connectivity index (χ3v) is 6.42. The van der Waals surface area contributed by atoms with Crippen LogP contribution in [0.3, 0.4) is 0 Å². The van der Waals surface area contributed by atoms with Crippen LogP contribution in [-0.2, 0) is 16.1 Å². The molecule has 1 amide bonds. The number of rotatable bonds is 7. The lowest BCUT2D eigenvalue weighted by Gasteiger charge is -2.25. The summed E-state index contributed by atoms with van der Waals surface area (Å²) in [5.74, 6) is -0.559. The van der Waals surface area contributed by atoms with Gasteiger partial charge < -0.3 is 29.0 Å². The Morgan fingerprint density at radius 3 is 2.39 bits per heavy atom. The van der Waals surface area contributed by atoms with Gasteiger partial charge in [0.2, 0.25) is 0 Å². The number of ether oxygens (including phenoxy) is 2. The van der Waals surface area contributed by atoms with Crippen LogP contribution in [0, 0.1) is 6.92 Å². The normalized spacial score (nSPS) is 17.2. The number of likely N-dealkylation sites (tertiary alicyclic amines) is 1. The predicted octanol–water partition coefficient (Wildman–Crippen LogP) is 5.06. The highest BCUT2D eigenvalue weighted by molar-refractivity contribution is 6.46. The Bertz CT molecular complexity index is 1340. The van der Waals surface area contributed by atoms with Crippen molar-refractivity contribution in [2.24, 2.45) is 0 Å². The summed E-state index contributed by atoms with van der Waals surface area (Å²) < 4.78 is 16.1. The number of ketones is 1. The van der Waals surface area contributed by atoms with E-state index in [-0.39, 0.29) is 35.3 Å². The number of phenols is 1. The SMILES string of the molecule is COc1ccc(C2/C(=C(\O)c3cc(C(C)C)c(OC)cc3C)C(=O)C(=O)N2Cc2ccco2)cc1O. The highest BCUT2D eigenvalue weighted by Crippen LogP contribution is 2.43. The molecule has 2 N–H and O–H groups in total. The van der Waals surface area contributed by atoms with Gasteiger partial charge in [0.25, 0.3) is 11.7 Å². The van der Waals surface area contributed by atoms with Crippen molar-refractivity contribution < 1.29 is 33.7 Å². The second-order valence-corrected chi connectivity index (χ2v) is 9.00. The molecule has 0 saturated carbocycles. The van der Waals surface area contributed by atoms with Crippen molar-refractivity contribution in [3.8, 4) is 17.2 Å². The highest BCUT2D eigenvalue weighted by atomic mass is 16.5. The van der Waals surface area contributed by atoms with Gasteiger partial charge >= 0.3 is 0 Å². The van der Waals surface area contributed by atoms with Gasteiger partial charge in [-0.1, -0.05) is 19.9 Å². The first-order valence-corrected chi connectivity index (χ1v) is 11.5. The smallest absolute Gasteiger partial charge is 0.296 e. The molecule has 2 heterocycles. The van der Waals surface area contributed by atoms with Crippen LogP contribution >= 0.6 is 0 Å². The Morgan fingerprint density at radius 2 is 1.81 bits per heavy atom. The van der Waals surface area contributed by atoms with Gasteiger partial charge in [-0.3, -0.25) is 9.59 Å². The average molecular weight is 492 g/mol. The van der Waals surface area contributed by atoms with Gasteiger partial charge in [0.05, 0.1) is 38.6 Å². The Hall–Kier alpha value is -4.20. The maximum Gasteiger partial charge on any atom is 0.296 e. The first-order chi connectivity index (χ1) is 17.2. The number of aromatic hydroxyl groups is 1. The molecule has 0 bridgehead atoms. The number of Topliss-reactive ketones (excluding diaryl/α,β-unsaturated/α-hetero) is 1. The second-order valence-electron chi connectivity index (χ2n) is 9.00. The van der Waals surface area contributed by atoms with Crippen molar-refractivity contribution in [2.45, 2.75) is 39.3 Å². The van der Waals surface area contributed by atoms with Crippen LogP contribution in [0.25, 0.3) is 5.76 Å². The molecular formula is C28H29NO7. The molecule has 1 fully saturated rings. The van der Waals surface area contributed by atoms with Crippen molar-refractivity contribution in [1.29, 1.82) is 0 Å². The molecule has 36 heavy (non-hydrogen) atoms. The number of hydrogen-bond donors (Lipinski definition) is 2. The van der Waals surface area contributed by atoms with E-state index in [0.29, 0.717) is 28.2 Å². The molecule has 0 aliphatic carbocycles. The number of carbonyl (C=O) groups excluding carboxylic acids is 2. The third kappa shape index (κ3) is 4.30. The number of methoxy groups -OCH3 is 2. The van der Waals surface area contributed by atoms with Gasteiger partial charge in [-0.05, 0) is 65.9 Å². The van der Waals surface area contributed by atoms with Crippen molar-refractivity contribution in [3.63, 3.8) is 0 Å². The number of benzene rings is 2. The van der Waals surface area contributed by atoms with E-state index in [0.717, 1.165) is 5.56 Å². The number of furan rings is 1. The standard InChI is InChI=1S/C28H29NO7/c1-15(2)19-13-20(16(3)11-23(19)35-5)26(31)24-25(17-8-9-22(34-4)21(30)12-17)29(28(33)27(24)32)14-18-7-6-10-36-18/h6-13,15,25,30-31H,14H2,1-5H3/b26-24+. The zero-order chi connectivity index (χ0) is 26.1. The van der Waals surface area contributed by atoms with Crippen LogP contribution in [0.4, 0.5) is 0 Å². The number of aliphatic hydroxyl groups is 1.